The molecule has 0 fully saturated rings. The van der Waals surface area contributed by atoms with E-state index < -0.39 is 11.4 Å². The minimum atomic E-state index is -0.841. The molecule has 0 spiro atoms. The Bertz CT molecular complexity index is 947. The van der Waals surface area contributed by atoms with Crippen LogP contribution < -0.4 is 5.63 Å². The van der Waals surface area contributed by atoms with Crippen LogP contribution in [-0.2, 0) is 0 Å². The third-order valence-electron chi connectivity index (χ3n) is 3.31. The van der Waals surface area contributed by atoms with Crippen molar-refractivity contribution in [1.29, 1.82) is 0 Å². The van der Waals surface area contributed by atoms with E-state index in [-0.39, 0.29) is 17.1 Å². The zero-order valence-corrected chi connectivity index (χ0v) is 11.8. The Kier molecular flexibility index (Phi) is 3.39. The number of benzene rings is 1. The molecule has 22 heavy (non-hydrogen) atoms. The van der Waals surface area contributed by atoms with Crippen molar-refractivity contribution in [3.05, 3.63) is 69.9 Å². The van der Waals surface area contributed by atoms with Crippen molar-refractivity contribution in [3.63, 3.8) is 0 Å². The van der Waals surface area contributed by atoms with Gasteiger partial charge in [-0.2, -0.15) is 0 Å². The first-order valence-corrected chi connectivity index (χ1v) is 6.68. The summed E-state index contributed by atoms with van der Waals surface area (Å²) in [6, 6.07) is 8.86. The van der Waals surface area contributed by atoms with Crippen molar-refractivity contribution >= 4 is 22.8 Å². The smallest absolute Gasteiger partial charge is 0.351 e. The minimum Gasteiger partial charge on any atom is -0.507 e. The highest BCUT2D eigenvalue weighted by atomic mass is 16.4. The molecule has 0 aliphatic carbocycles. The van der Waals surface area contributed by atoms with Crippen molar-refractivity contribution in [2.24, 2.45) is 0 Å². The number of aromatic nitrogens is 1. The van der Waals surface area contributed by atoms with E-state index in [1.807, 2.05) is 30.5 Å². The lowest BCUT2D eigenvalue weighted by molar-refractivity contribution is 0.104. The van der Waals surface area contributed by atoms with Crippen LogP contribution in [0.1, 0.15) is 21.7 Å². The van der Waals surface area contributed by atoms with Crippen LogP contribution in [0.2, 0.25) is 0 Å². The molecule has 2 heterocycles. The first-order valence-electron chi connectivity index (χ1n) is 6.68. The topological polar surface area (TPSA) is 83.3 Å². The van der Waals surface area contributed by atoms with E-state index in [1.54, 1.807) is 6.08 Å². The quantitative estimate of drug-likeness (QED) is 0.574. The number of aromatic hydroxyl groups is 1. The summed E-state index contributed by atoms with van der Waals surface area (Å²) in [5.41, 5.74) is 0.557. The van der Waals surface area contributed by atoms with Gasteiger partial charge in [-0.3, -0.25) is 4.79 Å². The van der Waals surface area contributed by atoms with Gasteiger partial charge < -0.3 is 14.5 Å². The largest absolute Gasteiger partial charge is 0.507 e. The molecule has 0 aliphatic rings. The van der Waals surface area contributed by atoms with Gasteiger partial charge in [0.2, 0.25) is 0 Å². The lowest BCUT2D eigenvalue weighted by atomic mass is 10.1. The van der Waals surface area contributed by atoms with Crippen molar-refractivity contribution in [2.75, 3.05) is 0 Å². The molecule has 0 saturated heterocycles. The van der Waals surface area contributed by atoms with Crippen LogP contribution in [0.3, 0.4) is 0 Å². The SMILES string of the molecule is Cc1cc(O)c(C(=O)/C=C/c2ccc3cc[nH]c3c2)c(=O)o1. The number of nitrogens with one attached hydrogen (secondary N) is 1. The first-order chi connectivity index (χ1) is 10.5. The predicted octanol–water partition coefficient (Wildman–Crippen LogP) is 3.03. The Balaban J connectivity index is 1.92. The van der Waals surface area contributed by atoms with E-state index in [0.717, 1.165) is 16.5 Å². The Morgan fingerprint density at radius 2 is 2.09 bits per heavy atom. The molecule has 0 saturated carbocycles. The summed E-state index contributed by atoms with van der Waals surface area (Å²) >= 11 is 0. The molecule has 0 amide bonds. The van der Waals surface area contributed by atoms with Gasteiger partial charge in [0.25, 0.3) is 0 Å². The van der Waals surface area contributed by atoms with Crippen molar-refractivity contribution < 1.29 is 14.3 Å². The fourth-order valence-electron chi connectivity index (χ4n) is 2.25. The van der Waals surface area contributed by atoms with Crippen molar-refractivity contribution in [2.45, 2.75) is 6.92 Å². The molecule has 0 radical (unpaired) electrons. The molecule has 0 atom stereocenters. The van der Waals surface area contributed by atoms with E-state index in [1.165, 1.54) is 19.1 Å². The van der Waals surface area contributed by atoms with Crippen LogP contribution in [0.15, 0.2) is 51.8 Å². The van der Waals surface area contributed by atoms with E-state index in [4.69, 9.17) is 4.42 Å². The molecular weight excluding hydrogens is 282 g/mol. The number of hydrogen-bond donors (Lipinski definition) is 2. The number of hydrogen-bond acceptors (Lipinski definition) is 4. The molecule has 0 unspecified atom stereocenters. The molecule has 3 aromatic rings. The number of aromatic amines is 1. The summed E-state index contributed by atoms with van der Waals surface area (Å²) in [6.45, 7) is 1.52. The Hall–Kier alpha value is -3.08. The summed E-state index contributed by atoms with van der Waals surface area (Å²) in [5, 5.41) is 10.8. The maximum absolute atomic E-state index is 12.1. The summed E-state index contributed by atoms with van der Waals surface area (Å²) in [6.07, 6.45) is 4.66. The third-order valence-corrected chi connectivity index (χ3v) is 3.31. The third kappa shape index (κ3) is 2.56. The van der Waals surface area contributed by atoms with Gasteiger partial charge in [0.1, 0.15) is 17.1 Å². The lowest BCUT2D eigenvalue weighted by Crippen LogP contribution is -2.12. The maximum atomic E-state index is 12.1. The van der Waals surface area contributed by atoms with Crippen LogP contribution in [0.25, 0.3) is 17.0 Å². The van der Waals surface area contributed by atoms with Gasteiger partial charge >= 0.3 is 5.63 Å². The van der Waals surface area contributed by atoms with Crippen LogP contribution in [-0.4, -0.2) is 15.9 Å². The van der Waals surface area contributed by atoms with E-state index in [9.17, 15) is 14.7 Å². The summed E-state index contributed by atoms with van der Waals surface area (Å²) in [4.78, 5) is 26.8. The Morgan fingerprint density at radius 1 is 1.27 bits per heavy atom. The Labute approximate surface area is 125 Å². The molecule has 5 heteroatoms. The second kappa shape index (κ2) is 5.37. The number of allylic oxidation sites excluding steroid dienone is 1. The highest BCUT2D eigenvalue weighted by molar-refractivity contribution is 6.08. The van der Waals surface area contributed by atoms with E-state index in [2.05, 4.69) is 4.98 Å². The van der Waals surface area contributed by atoms with Crippen LogP contribution in [0.5, 0.6) is 5.75 Å². The minimum absolute atomic E-state index is 0.250. The molecule has 2 aromatic heterocycles. The summed E-state index contributed by atoms with van der Waals surface area (Å²) in [5.74, 6) is -0.721. The number of H-pyrrole nitrogens is 1. The van der Waals surface area contributed by atoms with Gasteiger partial charge in [-0.15, -0.1) is 0 Å². The van der Waals surface area contributed by atoms with Gasteiger partial charge in [0.15, 0.2) is 5.78 Å². The number of aryl methyl sites for hydroxylation is 1. The number of fused-ring (bicyclic) bond motifs is 1. The van der Waals surface area contributed by atoms with Crippen LogP contribution >= 0.6 is 0 Å². The molecule has 1 aromatic carbocycles. The highest BCUT2D eigenvalue weighted by Crippen LogP contribution is 2.17. The predicted molar refractivity (Wildman–Crippen MR) is 83.0 cm³/mol. The van der Waals surface area contributed by atoms with Crippen molar-refractivity contribution in [3.8, 4) is 5.75 Å². The average Bonchev–Trinajstić information content (AvgIpc) is 2.91. The summed E-state index contributed by atoms with van der Waals surface area (Å²) in [7, 11) is 0. The molecule has 5 nitrogen and oxygen atoms in total. The average molecular weight is 295 g/mol. The standard InChI is InChI=1S/C17H13NO4/c1-10-8-15(20)16(17(21)22-10)14(19)5-3-11-2-4-12-6-7-18-13(12)9-11/h2-9,18,20H,1H3/b5-3+. The second-order valence-electron chi connectivity index (χ2n) is 4.93. The van der Waals surface area contributed by atoms with Gasteiger partial charge in [-0.1, -0.05) is 18.2 Å². The monoisotopic (exact) mass is 295 g/mol. The lowest BCUT2D eigenvalue weighted by Gasteiger charge is -2.00. The van der Waals surface area contributed by atoms with Gasteiger partial charge in [0.05, 0.1) is 0 Å². The fraction of sp³-hybridized carbons (Fsp3) is 0.0588. The van der Waals surface area contributed by atoms with Crippen LogP contribution in [0.4, 0.5) is 0 Å². The normalized spacial score (nSPS) is 11.3. The number of ketones is 1. The zero-order valence-electron chi connectivity index (χ0n) is 11.8. The first kappa shape index (κ1) is 13.9. The van der Waals surface area contributed by atoms with Gasteiger partial charge in [-0.25, -0.2) is 4.79 Å². The number of carbonyl (C=O) groups is 1. The summed E-state index contributed by atoms with van der Waals surface area (Å²) < 4.78 is 4.83. The highest BCUT2D eigenvalue weighted by Gasteiger charge is 2.15. The van der Waals surface area contributed by atoms with E-state index in [0.29, 0.717) is 0 Å². The van der Waals surface area contributed by atoms with E-state index >= 15 is 0 Å². The molecule has 3 rings (SSSR count). The second-order valence-corrected chi connectivity index (χ2v) is 4.93. The van der Waals surface area contributed by atoms with Crippen LogP contribution in [0, 0.1) is 6.92 Å². The molecule has 0 aliphatic heterocycles. The zero-order chi connectivity index (χ0) is 15.7. The number of rotatable bonds is 3. The van der Waals surface area contributed by atoms with Gasteiger partial charge in [0, 0.05) is 17.8 Å². The maximum Gasteiger partial charge on any atom is 0.351 e. The van der Waals surface area contributed by atoms with Gasteiger partial charge in [-0.05, 0) is 36.1 Å². The molecule has 0 bridgehead atoms. The molecule has 110 valence electrons. The Morgan fingerprint density at radius 3 is 2.86 bits per heavy atom. The van der Waals surface area contributed by atoms with Crippen molar-refractivity contribution in [1.82, 2.24) is 4.98 Å². The molecule has 2 N–H and O–H groups in total. The fourth-order valence-corrected chi connectivity index (χ4v) is 2.25. The molecular formula is C17H13NO4. The number of carbonyl (C=O) groups excluding carboxylic acids is 1.